The van der Waals surface area contributed by atoms with Gasteiger partial charge in [-0.3, -0.25) is 9.59 Å². The molecule has 88 valence electrons. The Hall–Kier alpha value is -1.14. The summed E-state index contributed by atoms with van der Waals surface area (Å²) >= 11 is 0. The number of amides is 1. The first-order valence-electron chi connectivity index (χ1n) is 4.77. The van der Waals surface area contributed by atoms with Crippen LogP contribution in [0.4, 0.5) is 0 Å². The summed E-state index contributed by atoms with van der Waals surface area (Å²) < 4.78 is 4.90. The zero-order chi connectivity index (χ0) is 11.8. The van der Waals surface area contributed by atoms with E-state index in [0.717, 1.165) is 0 Å². The van der Waals surface area contributed by atoms with E-state index < -0.39 is 17.8 Å². The maximum Gasteiger partial charge on any atom is 0.307 e. The molecule has 6 heteroatoms. The molecular formula is C9H18N2O4. The number of carbonyl (C=O) groups excluding carboxylic acids is 1. The minimum atomic E-state index is -0.840. The van der Waals surface area contributed by atoms with E-state index in [1.165, 1.54) is 0 Å². The van der Waals surface area contributed by atoms with Crippen molar-refractivity contribution in [2.75, 3.05) is 19.8 Å². The summed E-state index contributed by atoms with van der Waals surface area (Å²) in [4.78, 5) is 20.9. The second-order valence-corrected chi connectivity index (χ2v) is 3.39. The molecule has 0 saturated carbocycles. The van der Waals surface area contributed by atoms with E-state index in [2.05, 4.69) is 5.32 Å². The second-order valence-electron chi connectivity index (χ2n) is 3.39. The molecule has 0 aliphatic rings. The van der Waals surface area contributed by atoms with Crippen LogP contribution in [0, 0.1) is 5.92 Å². The van der Waals surface area contributed by atoms with Gasteiger partial charge in [-0.1, -0.05) is 6.92 Å². The van der Waals surface area contributed by atoms with Gasteiger partial charge in [-0.25, -0.2) is 0 Å². The first-order valence-corrected chi connectivity index (χ1v) is 4.77. The van der Waals surface area contributed by atoms with E-state index >= 15 is 0 Å². The van der Waals surface area contributed by atoms with Gasteiger partial charge in [0.1, 0.15) is 6.61 Å². The number of nitrogens with one attached hydrogen (secondary N) is 1. The van der Waals surface area contributed by atoms with E-state index in [0.29, 0.717) is 13.2 Å². The average Bonchev–Trinajstić information content (AvgIpc) is 2.15. The molecule has 0 aromatic rings. The number of nitrogens with two attached hydrogens (primary N) is 1. The fourth-order valence-corrected chi connectivity index (χ4v) is 0.922. The summed E-state index contributed by atoms with van der Waals surface area (Å²) in [6.45, 7) is 4.13. The van der Waals surface area contributed by atoms with Gasteiger partial charge >= 0.3 is 5.97 Å². The highest BCUT2D eigenvalue weighted by atomic mass is 16.5. The Balaban J connectivity index is 3.50. The van der Waals surface area contributed by atoms with Gasteiger partial charge in [0.15, 0.2) is 0 Å². The van der Waals surface area contributed by atoms with E-state index in [1.807, 2.05) is 0 Å². The highest BCUT2D eigenvalue weighted by molar-refractivity contribution is 5.74. The minimum absolute atomic E-state index is 0.107. The van der Waals surface area contributed by atoms with Crippen molar-refractivity contribution in [1.82, 2.24) is 5.32 Å². The van der Waals surface area contributed by atoms with Gasteiger partial charge in [-0.2, -0.15) is 0 Å². The lowest BCUT2D eigenvalue weighted by molar-refractivity contribution is -0.141. The van der Waals surface area contributed by atoms with E-state index in [1.54, 1.807) is 13.8 Å². The van der Waals surface area contributed by atoms with Crippen molar-refractivity contribution in [2.45, 2.75) is 19.9 Å². The normalized spacial score (nSPS) is 14.5. The fourth-order valence-electron chi connectivity index (χ4n) is 0.922. The molecule has 0 aliphatic heterocycles. The molecule has 0 heterocycles. The number of aliphatic carboxylic acids is 1. The number of rotatable bonds is 8. The van der Waals surface area contributed by atoms with Crippen molar-refractivity contribution in [2.24, 2.45) is 11.7 Å². The predicted octanol–water partition coefficient (Wildman–Crippen LogP) is -0.813. The Morgan fingerprint density at radius 1 is 1.47 bits per heavy atom. The molecule has 4 N–H and O–H groups in total. The van der Waals surface area contributed by atoms with E-state index in [9.17, 15) is 9.59 Å². The van der Waals surface area contributed by atoms with Crippen LogP contribution in [0.15, 0.2) is 0 Å². The van der Waals surface area contributed by atoms with Crippen LogP contribution in [0.25, 0.3) is 0 Å². The molecule has 0 aliphatic carbocycles. The van der Waals surface area contributed by atoms with Crippen LogP contribution in [0.3, 0.4) is 0 Å². The monoisotopic (exact) mass is 218 g/mol. The van der Waals surface area contributed by atoms with Gasteiger partial charge in [-0.15, -0.1) is 0 Å². The molecule has 0 fully saturated rings. The van der Waals surface area contributed by atoms with Gasteiger partial charge in [0, 0.05) is 12.6 Å². The minimum Gasteiger partial charge on any atom is -0.481 e. The molecule has 2 unspecified atom stereocenters. The predicted molar refractivity (Wildman–Crippen MR) is 54.3 cm³/mol. The number of carboxylic acid groups (broad SMARTS) is 1. The molecule has 0 rings (SSSR count). The Kier molecular flexibility index (Phi) is 6.64. The first-order chi connectivity index (χ1) is 6.95. The van der Waals surface area contributed by atoms with Gasteiger partial charge < -0.3 is 20.9 Å². The summed E-state index contributed by atoms with van der Waals surface area (Å²) in [6.07, 6.45) is 0. The summed E-state index contributed by atoms with van der Waals surface area (Å²) in [5.74, 6) is -1.81. The van der Waals surface area contributed by atoms with Crippen LogP contribution in [-0.4, -0.2) is 42.8 Å². The molecule has 0 saturated heterocycles. The van der Waals surface area contributed by atoms with Crippen LogP contribution < -0.4 is 11.1 Å². The number of ether oxygens (including phenoxy) is 1. The Morgan fingerprint density at radius 3 is 2.53 bits per heavy atom. The Bertz CT molecular complexity index is 220. The van der Waals surface area contributed by atoms with Crippen molar-refractivity contribution in [1.29, 1.82) is 0 Å². The Morgan fingerprint density at radius 2 is 2.07 bits per heavy atom. The highest BCUT2D eigenvalue weighted by Crippen LogP contribution is 2.01. The zero-order valence-corrected chi connectivity index (χ0v) is 9.03. The second kappa shape index (κ2) is 7.19. The number of carboxylic acids is 1. The quantitative estimate of drug-likeness (QED) is 0.462. The Labute approximate surface area is 88.8 Å². The molecule has 2 atom stereocenters. The smallest absolute Gasteiger partial charge is 0.307 e. The number of hydrogen-bond acceptors (Lipinski definition) is 4. The van der Waals surface area contributed by atoms with Gasteiger partial charge in [0.25, 0.3) is 0 Å². The topological polar surface area (TPSA) is 102 Å². The first kappa shape index (κ1) is 13.9. The molecule has 6 nitrogen and oxygen atoms in total. The number of hydrogen-bond donors (Lipinski definition) is 3. The summed E-state index contributed by atoms with van der Waals surface area (Å²) in [6, 6.07) is -0.139. The molecular weight excluding hydrogens is 200 g/mol. The van der Waals surface area contributed by atoms with Gasteiger partial charge in [0.05, 0.1) is 12.5 Å². The van der Waals surface area contributed by atoms with Crippen LogP contribution in [0.1, 0.15) is 13.8 Å². The van der Waals surface area contributed by atoms with Crippen molar-refractivity contribution in [3.05, 3.63) is 0 Å². The molecule has 0 spiro atoms. The third-order valence-electron chi connectivity index (χ3n) is 2.10. The van der Waals surface area contributed by atoms with Gasteiger partial charge in [0.2, 0.25) is 5.91 Å². The van der Waals surface area contributed by atoms with Crippen LogP contribution >= 0.6 is 0 Å². The lowest BCUT2D eigenvalue weighted by atomic mass is 10.0. The third kappa shape index (κ3) is 6.87. The summed E-state index contributed by atoms with van der Waals surface area (Å²) in [5, 5.41) is 11.7. The summed E-state index contributed by atoms with van der Waals surface area (Å²) in [7, 11) is 0. The SMILES string of the molecule is CC(NCCOCC(N)=O)C(C)C(=O)O. The van der Waals surface area contributed by atoms with Crippen molar-refractivity contribution in [3.63, 3.8) is 0 Å². The maximum atomic E-state index is 10.6. The largest absolute Gasteiger partial charge is 0.481 e. The lowest BCUT2D eigenvalue weighted by Gasteiger charge is -2.17. The molecule has 0 radical (unpaired) electrons. The molecule has 0 aromatic carbocycles. The fraction of sp³-hybridized carbons (Fsp3) is 0.778. The molecule has 1 amide bonds. The number of primary amides is 1. The molecule has 15 heavy (non-hydrogen) atoms. The lowest BCUT2D eigenvalue weighted by Crippen LogP contribution is -2.38. The number of carbonyl (C=O) groups is 2. The summed E-state index contributed by atoms with van der Waals surface area (Å²) in [5.41, 5.74) is 4.86. The van der Waals surface area contributed by atoms with E-state index in [4.69, 9.17) is 15.6 Å². The zero-order valence-electron chi connectivity index (χ0n) is 9.03. The molecule has 0 aromatic heterocycles. The average molecular weight is 218 g/mol. The molecule has 0 bridgehead atoms. The third-order valence-corrected chi connectivity index (χ3v) is 2.10. The van der Waals surface area contributed by atoms with Crippen molar-refractivity contribution >= 4 is 11.9 Å². The van der Waals surface area contributed by atoms with Gasteiger partial charge in [-0.05, 0) is 6.92 Å². The van der Waals surface area contributed by atoms with Crippen molar-refractivity contribution in [3.8, 4) is 0 Å². The van der Waals surface area contributed by atoms with E-state index in [-0.39, 0.29) is 12.6 Å². The highest BCUT2D eigenvalue weighted by Gasteiger charge is 2.18. The van der Waals surface area contributed by atoms with Crippen LogP contribution in [0.5, 0.6) is 0 Å². The maximum absolute atomic E-state index is 10.6. The van der Waals surface area contributed by atoms with Crippen LogP contribution in [-0.2, 0) is 14.3 Å². The van der Waals surface area contributed by atoms with Crippen LogP contribution in [0.2, 0.25) is 0 Å². The standard InChI is InChI=1S/C9H18N2O4/c1-6(9(13)14)7(2)11-3-4-15-5-8(10)12/h6-7,11H,3-5H2,1-2H3,(H2,10,12)(H,13,14). The van der Waals surface area contributed by atoms with Crippen molar-refractivity contribution < 1.29 is 19.4 Å².